The fraction of sp³-hybridized carbons (Fsp3) is 0.235. The van der Waals surface area contributed by atoms with Gasteiger partial charge in [0.05, 0.1) is 12.5 Å². The van der Waals surface area contributed by atoms with Gasteiger partial charge in [-0.25, -0.2) is 0 Å². The Balaban J connectivity index is 1.92. The smallest absolute Gasteiger partial charge is 0.313 e. The molecule has 0 saturated heterocycles. The highest BCUT2D eigenvalue weighted by atomic mass is 16.5. The number of ether oxygens (including phenoxy) is 1. The van der Waals surface area contributed by atoms with E-state index >= 15 is 0 Å². The molecule has 1 atom stereocenters. The lowest BCUT2D eigenvalue weighted by Gasteiger charge is -2.13. The first-order valence-corrected chi connectivity index (χ1v) is 6.81. The second-order valence-electron chi connectivity index (χ2n) is 4.84. The minimum atomic E-state index is -0.632. The van der Waals surface area contributed by atoms with Gasteiger partial charge in [-0.1, -0.05) is 42.5 Å². The zero-order valence-electron chi connectivity index (χ0n) is 11.8. The molecular weight excluding hydrogens is 268 g/mol. The number of phenolic OH excluding ortho intramolecular Hbond substituents is 2. The van der Waals surface area contributed by atoms with Crippen molar-refractivity contribution in [3.05, 3.63) is 59.7 Å². The molecule has 2 N–H and O–H groups in total. The summed E-state index contributed by atoms with van der Waals surface area (Å²) in [6, 6.07) is 14.3. The predicted octanol–water partition coefficient (Wildman–Crippen LogP) is 2.99. The molecule has 0 spiro atoms. The van der Waals surface area contributed by atoms with Gasteiger partial charge in [0.25, 0.3) is 0 Å². The van der Waals surface area contributed by atoms with Gasteiger partial charge in [0.1, 0.15) is 0 Å². The van der Waals surface area contributed by atoms with E-state index in [0.717, 1.165) is 5.56 Å². The van der Waals surface area contributed by atoms with Crippen molar-refractivity contribution >= 4 is 5.97 Å². The van der Waals surface area contributed by atoms with Crippen LogP contribution in [0, 0.1) is 0 Å². The van der Waals surface area contributed by atoms with E-state index in [9.17, 15) is 15.0 Å². The molecule has 1 unspecified atom stereocenters. The van der Waals surface area contributed by atoms with Gasteiger partial charge in [-0.3, -0.25) is 4.79 Å². The second kappa shape index (κ2) is 6.79. The number of aromatic hydroxyl groups is 2. The molecular formula is C17H18O4. The van der Waals surface area contributed by atoms with E-state index in [1.807, 2.05) is 30.3 Å². The molecule has 0 aliphatic carbocycles. The molecule has 110 valence electrons. The summed E-state index contributed by atoms with van der Waals surface area (Å²) in [6.45, 7) is 1.92. The number of hydrogen-bond acceptors (Lipinski definition) is 4. The van der Waals surface area contributed by atoms with Gasteiger partial charge in [0.2, 0.25) is 0 Å². The van der Waals surface area contributed by atoms with E-state index < -0.39 is 11.9 Å². The number of benzene rings is 2. The van der Waals surface area contributed by atoms with Crippen LogP contribution in [0.15, 0.2) is 48.5 Å². The minimum absolute atomic E-state index is 0.239. The van der Waals surface area contributed by atoms with Crippen molar-refractivity contribution < 1.29 is 19.7 Å². The number of rotatable bonds is 5. The van der Waals surface area contributed by atoms with Crippen LogP contribution in [0.25, 0.3) is 0 Å². The third-order valence-corrected chi connectivity index (χ3v) is 3.34. The Labute approximate surface area is 123 Å². The summed E-state index contributed by atoms with van der Waals surface area (Å²) in [4.78, 5) is 12.0. The van der Waals surface area contributed by atoms with E-state index in [0.29, 0.717) is 12.0 Å². The van der Waals surface area contributed by atoms with Gasteiger partial charge in [-0.2, -0.15) is 0 Å². The lowest BCUT2D eigenvalue weighted by atomic mass is 10.00. The van der Waals surface area contributed by atoms with Crippen LogP contribution in [0.1, 0.15) is 24.0 Å². The number of hydrogen-bond donors (Lipinski definition) is 2. The van der Waals surface area contributed by atoms with Crippen LogP contribution in [0.3, 0.4) is 0 Å². The minimum Gasteiger partial charge on any atom is -0.504 e. The lowest BCUT2D eigenvalue weighted by Crippen LogP contribution is -2.15. The SMILES string of the molecule is CC(C(=O)OCCc1ccccc1)c1cccc(O)c1O. The number of carbonyl (C=O) groups excluding carboxylic acids is 1. The monoisotopic (exact) mass is 286 g/mol. The Morgan fingerprint density at radius 1 is 1.10 bits per heavy atom. The van der Waals surface area contributed by atoms with Crippen LogP contribution >= 0.6 is 0 Å². The van der Waals surface area contributed by atoms with Crippen molar-refractivity contribution in [2.75, 3.05) is 6.61 Å². The summed E-state index contributed by atoms with van der Waals surface area (Å²) in [5.74, 6) is -1.57. The third kappa shape index (κ3) is 3.75. The summed E-state index contributed by atoms with van der Waals surface area (Å²) in [5, 5.41) is 19.2. The van der Waals surface area contributed by atoms with Crippen molar-refractivity contribution in [1.82, 2.24) is 0 Å². The molecule has 0 aliphatic heterocycles. The van der Waals surface area contributed by atoms with Crippen LogP contribution in [-0.2, 0) is 16.0 Å². The van der Waals surface area contributed by atoms with Crippen LogP contribution in [0.2, 0.25) is 0 Å². The molecule has 0 fully saturated rings. The zero-order valence-corrected chi connectivity index (χ0v) is 11.8. The van der Waals surface area contributed by atoms with E-state index in [-0.39, 0.29) is 18.1 Å². The van der Waals surface area contributed by atoms with E-state index in [1.54, 1.807) is 19.1 Å². The van der Waals surface area contributed by atoms with Crippen molar-refractivity contribution in [2.45, 2.75) is 19.3 Å². The fourth-order valence-electron chi connectivity index (χ4n) is 2.06. The van der Waals surface area contributed by atoms with Gasteiger partial charge in [-0.05, 0) is 18.6 Å². The average Bonchev–Trinajstić information content (AvgIpc) is 2.50. The Bertz CT molecular complexity index is 607. The summed E-state index contributed by atoms with van der Waals surface area (Å²) in [6.07, 6.45) is 0.644. The highest BCUT2D eigenvalue weighted by Crippen LogP contribution is 2.33. The second-order valence-corrected chi connectivity index (χ2v) is 4.84. The van der Waals surface area contributed by atoms with Crippen molar-refractivity contribution in [1.29, 1.82) is 0 Å². The molecule has 2 aromatic carbocycles. The first-order chi connectivity index (χ1) is 10.1. The van der Waals surface area contributed by atoms with Gasteiger partial charge < -0.3 is 14.9 Å². The molecule has 21 heavy (non-hydrogen) atoms. The normalized spacial score (nSPS) is 11.9. The Kier molecular flexibility index (Phi) is 4.82. The number of para-hydroxylation sites is 1. The molecule has 0 radical (unpaired) electrons. The van der Waals surface area contributed by atoms with Gasteiger partial charge in [-0.15, -0.1) is 0 Å². The Morgan fingerprint density at radius 2 is 1.81 bits per heavy atom. The molecule has 0 aliphatic rings. The molecule has 0 aromatic heterocycles. The standard InChI is InChI=1S/C17H18O4/c1-12(14-8-5-9-15(18)16(14)19)17(20)21-11-10-13-6-3-2-4-7-13/h2-9,12,18-19H,10-11H2,1H3. The summed E-state index contributed by atoms with van der Waals surface area (Å²) in [5.41, 5.74) is 1.46. The Morgan fingerprint density at radius 3 is 2.52 bits per heavy atom. The summed E-state index contributed by atoms with van der Waals surface area (Å²) in [7, 11) is 0. The van der Waals surface area contributed by atoms with Crippen molar-refractivity contribution in [3.8, 4) is 11.5 Å². The molecule has 4 heteroatoms. The highest BCUT2D eigenvalue weighted by molar-refractivity contribution is 5.79. The molecule has 0 saturated carbocycles. The summed E-state index contributed by atoms with van der Waals surface area (Å²) >= 11 is 0. The summed E-state index contributed by atoms with van der Waals surface area (Å²) < 4.78 is 5.23. The molecule has 2 rings (SSSR count). The van der Waals surface area contributed by atoms with Crippen LogP contribution in [0.4, 0.5) is 0 Å². The van der Waals surface area contributed by atoms with Gasteiger partial charge in [0.15, 0.2) is 11.5 Å². The maximum atomic E-state index is 12.0. The quantitative estimate of drug-likeness (QED) is 0.655. The topological polar surface area (TPSA) is 66.8 Å². The third-order valence-electron chi connectivity index (χ3n) is 3.34. The van der Waals surface area contributed by atoms with Crippen molar-refractivity contribution in [2.24, 2.45) is 0 Å². The maximum absolute atomic E-state index is 12.0. The maximum Gasteiger partial charge on any atom is 0.313 e. The molecule has 0 heterocycles. The van der Waals surface area contributed by atoms with E-state index in [1.165, 1.54) is 6.07 Å². The number of carbonyl (C=O) groups is 1. The molecule has 0 bridgehead atoms. The first-order valence-electron chi connectivity index (χ1n) is 6.81. The molecule has 0 amide bonds. The first kappa shape index (κ1) is 14.9. The molecule has 4 nitrogen and oxygen atoms in total. The van der Waals surface area contributed by atoms with Crippen LogP contribution in [-0.4, -0.2) is 22.8 Å². The molecule has 2 aromatic rings. The largest absolute Gasteiger partial charge is 0.504 e. The number of phenols is 2. The van der Waals surface area contributed by atoms with Crippen LogP contribution < -0.4 is 0 Å². The lowest BCUT2D eigenvalue weighted by molar-refractivity contribution is -0.145. The fourth-order valence-corrected chi connectivity index (χ4v) is 2.06. The van der Waals surface area contributed by atoms with Gasteiger partial charge >= 0.3 is 5.97 Å². The van der Waals surface area contributed by atoms with Crippen LogP contribution in [0.5, 0.6) is 11.5 Å². The zero-order chi connectivity index (χ0) is 15.2. The van der Waals surface area contributed by atoms with Gasteiger partial charge in [0, 0.05) is 12.0 Å². The Hall–Kier alpha value is -2.49. The predicted molar refractivity (Wildman–Crippen MR) is 79.3 cm³/mol. The van der Waals surface area contributed by atoms with E-state index in [2.05, 4.69) is 0 Å². The highest BCUT2D eigenvalue weighted by Gasteiger charge is 2.21. The van der Waals surface area contributed by atoms with E-state index in [4.69, 9.17) is 4.74 Å². The number of esters is 1. The average molecular weight is 286 g/mol. The van der Waals surface area contributed by atoms with Crippen molar-refractivity contribution in [3.63, 3.8) is 0 Å².